The van der Waals surface area contributed by atoms with E-state index in [0.717, 1.165) is 0 Å². The second kappa shape index (κ2) is 3.55. The number of alkyl halides is 3. The number of phenols is 2. The molecule has 0 spiro atoms. The van der Waals surface area contributed by atoms with Gasteiger partial charge in [0.1, 0.15) is 11.5 Å². The molecule has 0 bridgehead atoms. The van der Waals surface area contributed by atoms with Crippen molar-refractivity contribution in [3.8, 4) is 11.5 Å². The van der Waals surface area contributed by atoms with Gasteiger partial charge >= 0.3 is 0 Å². The van der Waals surface area contributed by atoms with Gasteiger partial charge in [0, 0.05) is 5.56 Å². The van der Waals surface area contributed by atoms with E-state index >= 15 is 0 Å². The number of rotatable bonds is 0. The van der Waals surface area contributed by atoms with Crippen LogP contribution in [0, 0.1) is 0 Å². The van der Waals surface area contributed by atoms with Crippen molar-refractivity contribution < 1.29 is 10.2 Å². The molecule has 0 aliphatic carbocycles. The van der Waals surface area contributed by atoms with E-state index in [9.17, 15) is 5.11 Å². The van der Waals surface area contributed by atoms with E-state index in [1.54, 1.807) is 0 Å². The molecule has 0 heterocycles. The van der Waals surface area contributed by atoms with Gasteiger partial charge in [-0.15, -0.1) is 0 Å². The van der Waals surface area contributed by atoms with Gasteiger partial charge in [-0.25, -0.2) is 0 Å². The van der Waals surface area contributed by atoms with E-state index in [2.05, 4.69) is 47.8 Å². The largest absolute Gasteiger partial charge is 0.508 e. The highest BCUT2D eigenvalue weighted by atomic mass is 80.0. The molecule has 0 unspecified atom stereocenters. The minimum absolute atomic E-state index is 0.0958. The lowest BCUT2D eigenvalue weighted by atomic mass is 10.2. The molecule has 66 valence electrons. The molecule has 0 atom stereocenters. The maximum Gasteiger partial charge on any atom is 0.163 e. The lowest BCUT2D eigenvalue weighted by Crippen LogP contribution is -1.97. The van der Waals surface area contributed by atoms with Gasteiger partial charge in [0.05, 0.1) is 0 Å². The molecule has 2 N–H and O–H groups in total. The molecule has 12 heavy (non-hydrogen) atoms. The molecule has 2 nitrogen and oxygen atoms in total. The Morgan fingerprint density at radius 3 is 2.08 bits per heavy atom. The van der Waals surface area contributed by atoms with Crippen molar-refractivity contribution in [2.75, 3.05) is 0 Å². The Bertz CT molecular complexity index is 293. The summed E-state index contributed by atoms with van der Waals surface area (Å²) in [6.45, 7) is 0. The lowest BCUT2D eigenvalue weighted by molar-refractivity contribution is 0.456. The molecular weight excluding hydrogens is 356 g/mol. The van der Waals surface area contributed by atoms with Crippen molar-refractivity contribution in [2.24, 2.45) is 0 Å². The standard InChI is InChI=1S/C7H5Br3O2/c8-7(9,10)5-3-4(11)1-2-6(5)12/h1-3,11-12H. The first-order valence-corrected chi connectivity index (χ1v) is 5.38. The van der Waals surface area contributed by atoms with Crippen LogP contribution in [0.5, 0.6) is 11.5 Å². The Hall–Kier alpha value is 0.260. The maximum atomic E-state index is 9.37. The second-order valence-corrected chi connectivity index (χ2v) is 8.96. The van der Waals surface area contributed by atoms with Crippen LogP contribution in [0.25, 0.3) is 0 Å². The molecule has 0 amide bonds. The molecule has 0 aliphatic heterocycles. The van der Waals surface area contributed by atoms with Crippen LogP contribution in [-0.2, 0) is 2.14 Å². The van der Waals surface area contributed by atoms with Gasteiger partial charge in [-0.1, -0.05) is 47.8 Å². The van der Waals surface area contributed by atoms with Crippen molar-refractivity contribution in [3.63, 3.8) is 0 Å². The fourth-order valence-electron chi connectivity index (χ4n) is 0.751. The first-order chi connectivity index (χ1) is 5.41. The van der Waals surface area contributed by atoms with E-state index in [0.29, 0.717) is 5.56 Å². The Kier molecular flexibility index (Phi) is 3.06. The summed E-state index contributed by atoms with van der Waals surface area (Å²) in [5.74, 6) is 0.198. The van der Waals surface area contributed by atoms with Gasteiger partial charge in [-0.3, -0.25) is 0 Å². The number of hydrogen-bond acceptors (Lipinski definition) is 2. The second-order valence-electron chi connectivity index (χ2n) is 2.20. The number of halogens is 3. The first kappa shape index (κ1) is 10.3. The van der Waals surface area contributed by atoms with Crippen LogP contribution in [0.3, 0.4) is 0 Å². The predicted octanol–water partition coefficient (Wildman–Crippen LogP) is 3.39. The van der Waals surface area contributed by atoms with E-state index in [-0.39, 0.29) is 11.5 Å². The zero-order valence-electron chi connectivity index (χ0n) is 5.76. The van der Waals surface area contributed by atoms with Gasteiger partial charge < -0.3 is 10.2 Å². The smallest absolute Gasteiger partial charge is 0.163 e. The van der Waals surface area contributed by atoms with Crippen LogP contribution in [0.2, 0.25) is 0 Å². The van der Waals surface area contributed by atoms with Crippen molar-refractivity contribution in [3.05, 3.63) is 23.8 Å². The Labute approximate surface area is 95.0 Å². The van der Waals surface area contributed by atoms with E-state index in [4.69, 9.17) is 5.11 Å². The Balaban J connectivity index is 3.23. The summed E-state index contributed by atoms with van der Waals surface area (Å²) in [4.78, 5) is 0. The minimum Gasteiger partial charge on any atom is -0.508 e. The van der Waals surface area contributed by atoms with Gasteiger partial charge in [0.15, 0.2) is 2.14 Å². The molecule has 1 aromatic carbocycles. The third kappa shape index (κ3) is 2.37. The monoisotopic (exact) mass is 358 g/mol. The average Bonchev–Trinajstić information content (AvgIpc) is 1.92. The normalized spacial score (nSPS) is 11.6. The Morgan fingerprint density at radius 2 is 1.67 bits per heavy atom. The summed E-state index contributed by atoms with van der Waals surface area (Å²) < 4.78 is -0.699. The summed E-state index contributed by atoms with van der Waals surface area (Å²) in [5.41, 5.74) is 0.516. The van der Waals surface area contributed by atoms with Crippen molar-refractivity contribution in [1.29, 1.82) is 0 Å². The fourth-order valence-corrected chi connectivity index (χ4v) is 1.70. The van der Waals surface area contributed by atoms with Crippen LogP contribution in [-0.4, -0.2) is 10.2 Å². The van der Waals surface area contributed by atoms with Gasteiger partial charge in [0.25, 0.3) is 0 Å². The van der Waals surface area contributed by atoms with Crippen molar-refractivity contribution in [2.45, 2.75) is 2.14 Å². The molecule has 1 aromatic rings. The number of benzene rings is 1. The van der Waals surface area contributed by atoms with Crippen LogP contribution in [0.4, 0.5) is 0 Å². The van der Waals surface area contributed by atoms with Crippen molar-refractivity contribution >= 4 is 47.8 Å². The molecule has 1 rings (SSSR count). The third-order valence-corrected chi connectivity index (χ3v) is 2.57. The predicted molar refractivity (Wildman–Crippen MR) is 58.2 cm³/mol. The highest BCUT2D eigenvalue weighted by Gasteiger charge is 2.24. The topological polar surface area (TPSA) is 40.5 Å². The summed E-state index contributed by atoms with van der Waals surface area (Å²) >= 11 is 9.70. The highest BCUT2D eigenvalue weighted by molar-refractivity contribution is 9.38. The third-order valence-electron chi connectivity index (χ3n) is 1.29. The zero-order chi connectivity index (χ0) is 9.35. The molecule has 0 saturated heterocycles. The molecule has 5 heteroatoms. The molecule has 0 saturated carbocycles. The zero-order valence-corrected chi connectivity index (χ0v) is 10.5. The fraction of sp³-hybridized carbons (Fsp3) is 0.143. The van der Waals surface area contributed by atoms with E-state index < -0.39 is 2.14 Å². The molecule has 0 radical (unpaired) electrons. The summed E-state index contributed by atoms with van der Waals surface area (Å²) in [6.07, 6.45) is 0. The van der Waals surface area contributed by atoms with Crippen LogP contribution in [0.15, 0.2) is 18.2 Å². The SMILES string of the molecule is Oc1ccc(O)c(C(Br)(Br)Br)c1. The number of aromatic hydroxyl groups is 2. The highest BCUT2D eigenvalue weighted by Crippen LogP contribution is 2.48. The lowest BCUT2D eigenvalue weighted by Gasteiger charge is -2.14. The Morgan fingerprint density at radius 1 is 1.08 bits per heavy atom. The molecule has 0 aromatic heterocycles. The van der Waals surface area contributed by atoms with Crippen LogP contribution in [0.1, 0.15) is 5.56 Å². The first-order valence-electron chi connectivity index (χ1n) is 3.00. The average molecular weight is 361 g/mol. The molecule has 0 aliphatic rings. The van der Waals surface area contributed by atoms with Gasteiger partial charge in [-0.05, 0) is 18.2 Å². The summed E-state index contributed by atoms with van der Waals surface area (Å²) in [6, 6.07) is 4.29. The van der Waals surface area contributed by atoms with E-state index in [1.165, 1.54) is 18.2 Å². The molecule has 0 fully saturated rings. The molecular formula is C7H5Br3O2. The van der Waals surface area contributed by atoms with Gasteiger partial charge in [0.2, 0.25) is 0 Å². The van der Waals surface area contributed by atoms with Crippen LogP contribution < -0.4 is 0 Å². The van der Waals surface area contributed by atoms with E-state index in [1.807, 2.05) is 0 Å². The summed E-state index contributed by atoms with van der Waals surface area (Å²) in [5, 5.41) is 18.5. The van der Waals surface area contributed by atoms with Crippen molar-refractivity contribution in [1.82, 2.24) is 0 Å². The number of hydrogen-bond donors (Lipinski definition) is 2. The summed E-state index contributed by atoms with van der Waals surface area (Å²) in [7, 11) is 0. The minimum atomic E-state index is -0.699. The maximum absolute atomic E-state index is 9.37. The quantitative estimate of drug-likeness (QED) is 0.550. The van der Waals surface area contributed by atoms with Gasteiger partial charge in [-0.2, -0.15) is 0 Å². The van der Waals surface area contributed by atoms with Crippen LogP contribution >= 0.6 is 47.8 Å². The number of phenolic OH excluding ortho intramolecular Hbond substituents is 2.